The molecule has 25 heavy (non-hydrogen) atoms. The number of methoxy groups -OCH3 is 1. The molecule has 0 bridgehead atoms. The van der Waals surface area contributed by atoms with Crippen molar-refractivity contribution < 1.29 is 9.53 Å². The van der Waals surface area contributed by atoms with Crippen LogP contribution in [-0.2, 0) is 16.8 Å². The number of nitrogens with one attached hydrogen (secondary N) is 1. The molecule has 1 saturated heterocycles. The maximum Gasteiger partial charge on any atom is 0.235 e. The summed E-state index contributed by atoms with van der Waals surface area (Å²) in [5.74, 6) is 0.872. The Morgan fingerprint density at radius 3 is 2.84 bits per heavy atom. The van der Waals surface area contributed by atoms with Gasteiger partial charge >= 0.3 is 0 Å². The Morgan fingerprint density at radius 2 is 2.08 bits per heavy atom. The van der Waals surface area contributed by atoms with E-state index in [0.717, 1.165) is 55.0 Å². The first-order valence-corrected chi connectivity index (χ1v) is 8.80. The van der Waals surface area contributed by atoms with Crippen molar-refractivity contribution in [3.8, 4) is 5.75 Å². The SMILES string of the molecule is COc1cncc(CN2CCC3(CC2)C(=O)Nc2ccc(Cl)cc23)c1. The van der Waals surface area contributed by atoms with E-state index in [1.807, 2.05) is 30.5 Å². The first kappa shape index (κ1) is 16.4. The van der Waals surface area contributed by atoms with Crippen molar-refractivity contribution in [2.75, 3.05) is 25.5 Å². The largest absolute Gasteiger partial charge is 0.495 e. The molecule has 2 aliphatic rings. The molecular weight excluding hydrogens is 338 g/mol. The number of carbonyl (C=O) groups excluding carboxylic acids is 1. The molecule has 5 nitrogen and oxygen atoms in total. The molecule has 1 amide bonds. The number of hydrogen-bond donors (Lipinski definition) is 1. The first-order valence-electron chi connectivity index (χ1n) is 8.42. The van der Waals surface area contributed by atoms with Crippen LogP contribution >= 0.6 is 11.6 Å². The Morgan fingerprint density at radius 1 is 1.28 bits per heavy atom. The lowest BCUT2D eigenvalue weighted by atomic mass is 9.73. The van der Waals surface area contributed by atoms with Crippen LogP contribution in [0.5, 0.6) is 5.75 Å². The number of benzene rings is 1. The van der Waals surface area contributed by atoms with E-state index < -0.39 is 5.41 Å². The minimum atomic E-state index is -0.441. The highest BCUT2D eigenvalue weighted by molar-refractivity contribution is 6.31. The summed E-state index contributed by atoms with van der Waals surface area (Å²) in [6, 6.07) is 7.67. The molecule has 0 radical (unpaired) electrons. The number of ether oxygens (including phenoxy) is 1. The number of piperidine rings is 1. The van der Waals surface area contributed by atoms with E-state index >= 15 is 0 Å². The van der Waals surface area contributed by atoms with Crippen molar-refractivity contribution in [3.05, 3.63) is 52.8 Å². The van der Waals surface area contributed by atoms with Gasteiger partial charge < -0.3 is 10.1 Å². The predicted octanol–water partition coefficient (Wildman–Crippen LogP) is 3.23. The minimum Gasteiger partial charge on any atom is -0.495 e. The molecule has 2 aliphatic heterocycles. The summed E-state index contributed by atoms with van der Waals surface area (Å²) in [7, 11) is 1.65. The van der Waals surface area contributed by atoms with Crippen molar-refractivity contribution in [2.45, 2.75) is 24.8 Å². The quantitative estimate of drug-likeness (QED) is 0.916. The van der Waals surface area contributed by atoms with Crippen molar-refractivity contribution in [3.63, 3.8) is 0 Å². The van der Waals surface area contributed by atoms with Crippen molar-refractivity contribution in [1.29, 1.82) is 0 Å². The second-order valence-electron chi connectivity index (χ2n) is 6.74. The minimum absolute atomic E-state index is 0.104. The van der Waals surface area contributed by atoms with E-state index in [0.29, 0.717) is 5.02 Å². The summed E-state index contributed by atoms with van der Waals surface area (Å²) < 4.78 is 5.24. The van der Waals surface area contributed by atoms with Gasteiger partial charge in [0.15, 0.2) is 0 Å². The lowest BCUT2D eigenvalue weighted by molar-refractivity contribution is -0.122. The number of hydrogen-bond acceptors (Lipinski definition) is 4. The van der Waals surface area contributed by atoms with Gasteiger partial charge in [0, 0.05) is 23.5 Å². The molecule has 1 spiro atoms. The third kappa shape index (κ3) is 2.87. The highest BCUT2D eigenvalue weighted by Crippen LogP contribution is 2.45. The number of aromatic nitrogens is 1. The van der Waals surface area contributed by atoms with Crippen LogP contribution in [0.2, 0.25) is 5.02 Å². The molecule has 6 heteroatoms. The number of fused-ring (bicyclic) bond motifs is 2. The van der Waals surface area contributed by atoms with E-state index in [1.165, 1.54) is 0 Å². The van der Waals surface area contributed by atoms with Gasteiger partial charge in [-0.25, -0.2) is 0 Å². The Balaban J connectivity index is 1.50. The average Bonchev–Trinajstić information content (AvgIpc) is 2.89. The van der Waals surface area contributed by atoms with Gasteiger partial charge in [-0.05, 0) is 61.3 Å². The highest BCUT2D eigenvalue weighted by Gasteiger charge is 2.48. The number of rotatable bonds is 3. The second kappa shape index (κ2) is 6.32. The third-order valence-electron chi connectivity index (χ3n) is 5.30. The fourth-order valence-corrected chi connectivity index (χ4v) is 4.07. The summed E-state index contributed by atoms with van der Waals surface area (Å²) in [6.07, 6.45) is 5.16. The van der Waals surface area contributed by atoms with Gasteiger partial charge in [0.25, 0.3) is 0 Å². The van der Waals surface area contributed by atoms with Gasteiger partial charge in [0.1, 0.15) is 5.75 Å². The van der Waals surface area contributed by atoms with Gasteiger partial charge in [-0.15, -0.1) is 0 Å². The Bertz CT molecular complexity index is 816. The summed E-state index contributed by atoms with van der Waals surface area (Å²) >= 11 is 6.17. The summed E-state index contributed by atoms with van der Waals surface area (Å²) in [6.45, 7) is 2.53. The number of pyridine rings is 1. The highest BCUT2D eigenvalue weighted by atomic mass is 35.5. The first-order chi connectivity index (χ1) is 12.1. The van der Waals surface area contributed by atoms with Gasteiger partial charge in [-0.1, -0.05) is 11.6 Å². The fraction of sp³-hybridized carbons (Fsp3) is 0.368. The molecule has 130 valence electrons. The lowest BCUT2D eigenvalue weighted by Gasteiger charge is -2.38. The number of likely N-dealkylation sites (tertiary alicyclic amines) is 1. The number of halogens is 1. The zero-order valence-corrected chi connectivity index (χ0v) is 14.8. The maximum absolute atomic E-state index is 12.7. The van der Waals surface area contributed by atoms with Crippen LogP contribution in [-0.4, -0.2) is 36.0 Å². The fourth-order valence-electron chi connectivity index (χ4n) is 3.89. The number of anilines is 1. The molecule has 0 aliphatic carbocycles. The molecule has 1 aromatic carbocycles. The predicted molar refractivity (Wildman–Crippen MR) is 97.1 cm³/mol. The molecule has 0 saturated carbocycles. The lowest BCUT2D eigenvalue weighted by Crippen LogP contribution is -2.46. The zero-order chi connectivity index (χ0) is 17.4. The third-order valence-corrected chi connectivity index (χ3v) is 5.54. The summed E-state index contributed by atoms with van der Waals surface area (Å²) in [4.78, 5) is 19.2. The molecule has 0 atom stereocenters. The number of amides is 1. The van der Waals surface area contributed by atoms with E-state index in [9.17, 15) is 4.79 Å². The standard InChI is InChI=1S/C19H20ClN3O2/c1-25-15-8-13(10-21-11-15)12-23-6-4-19(5-7-23)16-9-14(20)2-3-17(16)22-18(19)24/h2-3,8-11H,4-7,12H2,1H3,(H,22,24). The average molecular weight is 358 g/mol. The molecule has 3 heterocycles. The molecule has 1 aromatic heterocycles. The molecular formula is C19H20ClN3O2. The molecule has 0 unspecified atom stereocenters. The second-order valence-corrected chi connectivity index (χ2v) is 7.17. The monoisotopic (exact) mass is 357 g/mol. The van der Waals surface area contributed by atoms with Gasteiger partial charge in [-0.3, -0.25) is 14.7 Å². The van der Waals surface area contributed by atoms with Crippen LogP contribution in [0.4, 0.5) is 5.69 Å². The molecule has 4 rings (SSSR count). The van der Waals surface area contributed by atoms with Crippen LogP contribution in [0.25, 0.3) is 0 Å². The van der Waals surface area contributed by atoms with E-state index in [4.69, 9.17) is 16.3 Å². The Labute approximate surface area is 152 Å². The van der Waals surface area contributed by atoms with Crippen molar-refractivity contribution >= 4 is 23.2 Å². The van der Waals surface area contributed by atoms with E-state index in [-0.39, 0.29) is 5.91 Å². The summed E-state index contributed by atoms with van der Waals surface area (Å²) in [5, 5.41) is 3.70. The number of nitrogens with zero attached hydrogens (tertiary/aromatic N) is 2. The molecule has 2 aromatic rings. The van der Waals surface area contributed by atoms with Crippen molar-refractivity contribution in [1.82, 2.24) is 9.88 Å². The van der Waals surface area contributed by atoms with Crippen LogP contribution < -0.4 is 10.1 Å². The smallest absolute Gasteiger partial charge is 0.235 e. The Kier molecular flexibility index (Phi) is 4.13. The molecule has 1 fully saturated rings. The Hall–Kier alpha value is -2.11. The normalized spacial score (nSPS) is 18.9. The van der Waals surface area contributed by atoms with Crippen LogP contribution in [0.1, 0.15) is 24.0 Å². The maximum atomic E-state index is 12.7. The van der Waals surface area contributed by atoms with E-state index in [2.05, 4.69) is 15.2 Å². The van der Waals surface area contributed by atoms with Crippen LogP contribution in [0, 0.1) is 0 Å². The molecule has 1 N–H and O–H groups in total. The van der Waals surface area contributed by atoms with Gasteiger partial charge in [-0.2, -0.15) is 0 Å². The summed E-state index contributed by atoms with van der Waals surface area (Å²) in [5.41, 5.74) is 2.63. The van der Waals surface area contributed by atoms with Gasteiger partial charge in [0.2, 0.25) is 5.91 Å². The topological polar surface area (TPSA) is 54.5 Å². The van der Waals surface area contributed by atoms with E-state index in [1.54, 1.807) is 13.3 Å². The zero-order valence-electron chi connectivity index (χ0n) is 14.1. The van der Waals surface area contributed by atoms with Crippen LogP contribution in [0.15, 0.2) is 36.7 Å². The number of carbonyl (C=O) groups is 1. The van der Waals surface area contributed by atoms with Crippen LogP contribution in [0.3, 0.4) is 0 Å². The van der Waals surface area contributed by atoms with Gasteiger partial charge in [0.05, 0.1) is 18.7 Å². The van der Waals surface area contributed by atoms with Crippen molar-refractivity contribution in [2.24, 2.45) is 0 Å².